The van der Waals surface area contributed by atoms with Gasteiger partial charge >= 0.3 is 0 Å². The molecule has 2 rings (SSSR count). The summed E-state index contributed by atoms with van der Waals surface area (Å²) in [5, 5.41) is 3.67. The average molecular weight is 281 g/mol. The Balaban J connectivity index is 1.76. The van der Waals surface area contributed by atoms with Crippen molar-refractivity contribution in [2.24, 2.45) is 0 Å². The minimum atomic E-state index is 0.454. The Hall–Kier alpha value is -0.910. The van der Waals surface area contributed by atoms with Gasteiger partial charge in [0.1, 0.15) is 0 Å². The van der Waals surface area contributed by atoms with Gasteiger partial charge in [0.15, 0.2) is 0 Å². The van der Waals surface area contributed by atoms with Crippen molar-refractivity contribution < 1.29 is 9.47 Å². The van der Waals surface area contributed by atoms with Crippen LogP contribution in [0.4, 0.5) is 0 Å². The number of imidazole rings is 1. The largest absolute Gasteiger partial charge is 0.382 e. The Kier molecular flexibility index (Phi) is 6.50. The van der Waals surface area contributed by atoms with E-state index >= 15 is 0 Å². The highest BCUT2D eigenvalue weighted by molar-refractivity contribution is 5.07. The van der Waals surface area contributed by atoms with Crippen LogP contribution in [-0.4, -0.2) is 42.5 Å². The van der Waals surface area contributed by atoms with Gasteiger partial charge in [0.25, 0.3) is 0 Å². The number of aromatic nitrogens is 2. The van der Waals surface area contributed by atoms with Gasteiger partial charge in [-0.25, -0.2) is 4.98 Å². The van der Waals surface area contributed by atoms with E-state index in [9.17, 15) is 0 Å². The van der Waals surface area contributed by atoms with E-state index in [2.05, 4.69) is 21.8 Å². The summed E-state index contributed by atoms with van der Waals surface area (Å²) in [6.07, 6.45) is 8.73. The van der Waals surface area contributed by atoms with Crippen molar-refractivity contribution in [2.45, 2.75) is 51.2 Å². The highest BCUT2D eigenvalue weighted by Crippen LogP contribution is 2.25. The SMILES string of the molecule is COCCOCCCn1cncc1C1CCCC(C)N1. The number of rotatable bonds is 8. The zero-order valence-corrected chi connectivity index (χ0v) is 12.7. The van der Waals surface area contributed by atoms with E-state index in [0.29, 0.717) is 25.3 Å². The van der Waals surface area contributed by atoms with E-state index in [1.165, 1.54) is 25.0 Å². The zero-order chi connectivity index (χ0) is 14.2. The van der Waals surface area contributed by atoms with Crippen LogP contribution in [0.1, 0.15) is 44.3 Å². The van der Waals surface area contributed by atoms with Crippen LogP contribution >= 0.6 is 0 Å². The molecule has 114 valence electrons. The smallest absolute Gasteiger partial charge is 0.0948 e. The third-order valence-electron chi connectivity index (χ3n) is 3.84. The fraction of sp³-hybridized carbons (Fsp3) is 0.800. The maximum absolute atomic E-state index is 5.50. The average Bonchev–Trinajstić information content (AvgIpc) is 2.91. The first-order chi connectivity index (χ1) is 9.81. The Bertz CT molecular complexity index is 381. The van der Waals surface area contributed by atoms with Crippen LogP contribution in [0.5, 0.6) is 0 Å². The number of methoxy groups -OCH3 is 1. The summed E-state index contributed by atoms with van der Waals surface area (Å²) in [6, 6.07) is 1.06. The third-order valence-corrected chi connectivity index (χ3v) is 3.84. The van der Waals surface area contributed by atoms with Crippen molar-refractivity contribution in [3.63, 3.8) is 0 Å². The maximum Gasteiger partial charge on any atom is 0.0948 e. The summed E-state index contributed by atoms with van der Waals surface area (Å²) in [7, 11) is 1.69. The summed E-state index contributed by atoms with van der Waals surface area (Å²) in [5.41, 5.74) is 1.31. The van der Waals surface area contributed by atoms with Gasteiger partial charge in [-0.05, 0) is 32.6 Å². The Labute approximate surface area is 121 Å². The standard InChI is InChI=1S/C15H27N3O2/c1-13-5-3-6-14(17-13)15-11-16-12-18(15)7-4-8-20-10-9-19-2/h11-14,17H,3-10H2,1-2H3. The lowest BCUT2D eigenvalue weighted by Crippen LogP contribution is -2.35. The summed E-state index contributed by atoms with van der Waals surface area (Å²) in [5.74, 6) is 0. The monoisotopic (exact) mass is 281 g/mol. The molecule has 0 aliphatic carbocycles. The molecule has 1 saturated heterocycles. The molecule has 5 nitrogen and oxygen atoms in total. The molecule has 1 aromatic heterocycles. The predicted molar refractivity (Wildman–Crippen MR) is 78.7 cm³/mol. The molecule has 1 aliphatic rings. The summed E-state index contributed by atoms with van der Waals surface area (Å²) >= 11 is 0. The molecule has 0 radical (unpaired) electrons. The van der Waals surface area contributed by atoms with Gasteiger partial charge in [-0.2, -0.15) is 0 Å². The highest BCUT2D eigenvalue weighted by atomic mass is 16.5. The van der Waals surface area contributed by atoms with Gasteiger partial charge in [0.05, 0.1) is 25.2 Å². The molecule has 1 fully saturated rings. The number of aryl methyl sites for hydroxylation is 1. The minimum absolute atomic E-state index is 0.454. The Morgan fingerprint density at radius 1 is 1.35 bits per heavy atom. The molecule has 5 heteroatoms. The number of ether oxygens (including phenoxy) is 2. The fourth-order valence-electron chi connectivity index (χ4n) is 2.76. The Morgan fingerprint density at radius 2 is 2.25 bits per heavy atom. The van der Waals surface area contributed by atoms with Crippen molar-refractivity contribution in [3.05, 3.63) is 18.2 Å². The normalized spacial score (nSPS) is 23.1. The topological polar surface area (TPSA) is 48.3 Å². The number of piperidine rings is 1. The minimum Gasteiger partial charge on any atom is -0.382 e. The molecule has 20 heavy (non-hydrogen) atoms. The second-order valence-electron chi connectivity index (χ2n) is 5.52. The van der Waals surface area contributed by atoms with Gasteiger partial charge in [0.2, 0.25) is 0 Å². The van der Waals surface area contributed by atoms with Crippen molar-refractivity contribution in [1.29, 1.82) is 0 Å². The molecule has 2 atom stereocenters. The molecule has 1 N–H and O–H groups in total. The van der Waals surface area contributed by atoms with Gasteiger partial charge in [-0.15, -0.1) is 0 Å². The molecular weight excluding hydrogens is 254 g/mol. The molecule has 0 bridgehead atoms. The van der Waals surface area contributed by atoms with Crippen molar-refractivity contribution >= 4 is 0 Å². The maximum atomic E-state index is 5.50. The molecule has 1 aromatic rings. The van der Waals surface area contributed by atoms with Crippen LogP contribution in [0, 0.1) is 0 Å². The molecule has 0 amide bonds. The molecule has 0 aromatic carbocycles. The highest BCUT2D eigenvalue weighted by Gasteiger charge is 2.21. The molecular formula is C15H27N3O2. The quantitative estimate of drug-likeness (QED) is 0.742. The fourth-order valence-corrected chi connectivity index (χ4v) is 2.76. The molecule has 2 heterocycles. The predicted octanol–water partition coefficient (Wildman–Crippen LogP) is 2.14. The lowest BCUT2D eigenvalue weighted by atomic mass is 9.97. The second kappa shape index (κ2) is 8.39. The Morgan fingerprint density at radius 3 is 3.05 bits per heavy atom. The van der Waals surface area contributed by atoms with Crippen LogP contribution in [-0.2, 0) is 16.0 Å². The summed E-state index contributed by atoms with van der Waals surface area (Å²) in [4.78, 5) is 4.31. The van der Waals surface area contributed by atoms with Crippen LogP contribution in [0.2, 0.25) is 0 Å². The van der Waals surface area contributed by atoms with Crippen molar-refractivity contribution in [3.8, 4) is 0 Å². The second-order valence-corrected chi connectivity index (χ2v) is 5.52. The number of hydrogen-bond acceptors (Lipinski definition) is 4. The molecule has 2 unspecified atom stereocenters. The van der Waals surface area contributed by atoms with Gasteiger partial charge in [-0.3, -0.25) is 0 Å². The molecule has 1 aliphatic heterocycles. The first kappa shape index (κ1) is 15.5. The third kappa shape index (κ3) is 4.58. The first-order valence-corrected chi connectivity index (χ1v) is 7.64. The summed E-state index contributed by atoms with van der Waals surface area (Å²) < 4.78 is 12.7. The lowest BCUT2D eigenvalue weighted by Gasteiger charge is -2.29. The van der Waals surface area contributed by atoms with Crippen molar-refractivity contribution in [2.75, 3.05) is 26.9 Å². The zero-order valence-electron chi connectivity index (χ0n) is 12.7. The van der Waals surface area contributed by atoms with E-state index in [4.69, 9.17) is 9.47 Å². The van der Waals surface area contributed by atoms with Crippen LogP contribution in [0.15, 0.2) is 12.5 Å². The van der Waals surface area contributed by atoms with Gasteiger partial charge in [0, 0.05) is 38.5 Å². The van der Waals surface area contributed by atoms with Gasteiger partial charge in [-0.1, -0.05) is 0 Å². The molecule has 0 spiro atoms. The molecule has 0 saturated carbocycles. The van der Waals surface area contributed by atoms with E-state index in [1.807, 2.05) is 12.5 Å². The summed E-state index contributed by atoms with van der Waals surface area (Å²) in [6.45, 7) is 5.34. The first-order valence-electron chi connectivity index (χ1n) is 7.64. The van der Waals surface area contributed by atoms with E-state index in [-0.39, 0.29) is 0 Å². The number of nitrogens with zero attached hydrogens (tertiary/aromatic N) is 2. The van der Waals surface area contributed by atoms with Crippen LogP contribution < -0.4 is 5.32 Å². The van der Waals surface area contributed by atoms with Gasteiger partial charge < -0.3 is 19.4 Å². The number of hydrogen-bond donors (Lipinski definition) is 1. The number of nitrogens with one attached hydrogen (secondary N) is 1. The van der Waals surface area contributed by atoms with Crippen LogP contribution in [0.25, 0.3) is 0 Å². The van der Waals surface area contributed by atoms with Crippen molar-refractivity contribution in [1.82, 2.24) is 14.9 Å². The van der Waals surface area contributed by atoms with Crippen LogP contribution in [0.3, 0.4) is 0 Å². The van der Waals surface area contributed by atoms with E-state index in [1.54, 1.807) is 7.11 Å². The lowest BCUT2D eigenvalue weighted by molar-refractivity contribution is 0.0679. The van der Waals surface area contributed by atoms with E-state index in [0.717, 1.165) is 19.6 Å². The van der Waals surface area contributed by atoms with E-state index < -0.39 is 0 Å².